The average molecular weight is 374 g/mol. The van der Waals surface area contributed by atoms with Crippen LogP contribution in [-0.4, -0.2) is 13.2 Å². The summed E-state index contributed by atoms with van der Waals surface area (Å²) in [6.45, 7) is 5.12. The summed E-state index contributed by atoms with van der Waals surface area (Å²) in [5.41, 5.74) is 1.80. The fraction of sp³-hybridized carbons (Fsp3) is 0.429. The lowest BCUT2D eigenvalue weighted by Crippen LogP contribution is -2.35. The van der Waals surface area contributed by atoms with E-state index >= 15 is 0 Å². The van der Waals surface area contributed by atoms with Crippen LogP contribution in [0.5, 0.6) is 5.75 Å². The van der Waals surface area contributed by atoms with Crippen LogP contribution in [0.1, 0.15) is 39.5 Å². The van der Waals surface area contributed by atoms with E-state index in [1.165, 1.54) is 0 Å². The Kier molecular flexibility index (Phi) is 6.18. The van der Waals surface area contributed by atoms with Gasteiger partial charge in [-0.1, -0.05) is 75.2 Å². The van der Waals surface area contributed by atoms with Crippen LogP contribution < -0.4 is 4.52 Å². The molecule has 0 radical (unpaired) electrons. The minimum atomic E-state index is -3.61. The van der Waals surface area contributed by atoms with Gasteiger partial charge in [0.1, 0.15) is 5.75 Å². The maximum atomic E-state index is 13.0. The van der Waals surface area contributed by atoms with Gasteiger partial charge in [-0.25, -0.2) is 4.57 Å². The Morgan fingerprint density at radius 3 is 2.31 bits per heavy atom. The number of rotatable bonds is 7. The zero-order valence-corrected chi connectivity index (χ0v) is 16.4. The Morgan fingerprint density at radius 2 is 1.65 bits per heavy atom. The number of benzene rings is 2. The first-order valence-corrected chi connectivity index (χ1v) is 10.8. The molecule has 0 aromatic heterocycles. The number of hydrogen-bond donors (Lipinski definition) is 0. The highest BCUT2D eigenvalue weighted by Gasteiger charge is 2.43. The Hall–Kier alpha value is -1.61. The maximum absolute atomic E-state index is 13.0. The predicted molar refractivity (Wildman–Crippen MR) is 104 cm³/mol. The van der Waals surface area contributed by atoms with Gasteiger partial charge >= 0.3 is 7.82 Å². The highest BCUT2D eigenvalue weighted by Crippen LogP contribution is 2.57. The van der Waals surface area contributed by atoms with E-state index in [9.17, 15) is 4.57 Å². The summed E-state index contributed by atoms with van der Waals surface area (Å²) in [4.78, 5) is 0. The normalized spacial score (nSPS) is 25.8. The minimum absolute atomic E-state index is 0.0633. The van der Waals surface area contributed by atoms with Crippen molar-refractivity contribution < 1.29 is 18.1 Å². The molecule has 0 saturated carbocycles. The van der Waals surface area contributed by atoms with Gasteiger partial charge in [0.15, 0.2) is 0 Å². The molecule has 0 spiro atoms. The van der Waals surface area contributed by atoms with Gasteiger partial charge in [0.25, 0.3) is 0 Å². The van der Waals surface area contributed by atoms with Crippen LogP contribution in [0, 0.1) is 5.41 Å². The summed E-state index contributed by atoms with van der Waals surface area (Å²) in [5, 5.41) is 0. The van der Waals surface area contributed by atoms with Crippen LogP contribution in [0.4, 0.5) is 0 Å². The third-order valence-corrected chi connectivity index (χ3v) is 6.36. The molecule has 1 aliphatic heterocycles. The van der Waals surface area contributed by atoms with E-state index in [1.54, 1.807) is 6.07 Å². The molecule has 0 unspecified atom stereocenters. The SMILES string of the molecule is CCCCC1(CC)COP(=O)(Oc2ccccc2-c2ccccc2)OC1. The number of unbranched alkanes of at least 4 members (excludes halogenated alkanes) is 1. The molecule has 1 fully saturated rings. The summed E-state index contributed by atoms with van der Waals surface area (Å²) in [6.07, 6.45) is 4.19. The molecule has 0 N–H and O–H groups in total. The molecule has 26 heavy (non-hydrogen) atoms. The largest absolute Gasteiger partial charge is 0.530 e. The molecule has 4 nitrogen and oxygen atoms in total. The summed E-state index contributed by atoms with van der Waals surface area (Å²) >= 11 is 0. The van der Waals surface area contributed by atoms with E-state index < -0.39 is 7.82 Å². The lowest BCUT2D eigenvalue weighted by molar-refractivity contribution is -0.0115. The van der Waals surface area contributed by atoms with Crippen molar-refractivity contribution in [3.8, 4) is 16.9 Å². The number of phosphoric acid groups is 1. The Morgan fingerprint density at radius 1 is 1.00 bits per heavy atom. The minimum Gasteiger partial charge on any atom is -0.403 e. The molecule has 5 heteroatoms. The third kappa shape index (κ3) is 4.37. The van der Waals surface area contributed by atoms with Crippen molar-refractivity contribution in [1.82, 2.24) is 0 Å². The van der Waals surface area contributed by atoms with Crippen molar-refractivity contribution >= 4 is 7.82 Å². The molecule has 0 atom stereocenters. The highest BCUT2D eigenvalue weighted by atomic mass is 31.2. The quantitative estimate of drug-likeness (QED) is 0.521. The second-order valence-corrected chi connectivity index (χ2v) is 8.50. The molecule has 2 aromatic rings. The Labute approximate surface area is 156 Å². The van der Waals surface area contributed by atoms with Crippen LogP contribution in [0.2, 0.25) is 0 Å². The van der Waals surface area contributed by atoms with Crippen LogP contribution in [0.3, 0.4) is 0 Å². The second kappa shape index (κ2) is 8.39. The van der Waals surface area contributed by atoms with Crippen molar-refractivity contribution in [1.29, 1.82) is 0 Å². The Balaban J connectivity index is 1.75. The van der Waals surface area contributed by atoms with Crippen LogP contribution in [0.25, 0.3) is 11.1 Å². The van der Waals surface area contributed by atoms with Crippen molar-refractivity contribution in [3.05, 3.63) is 54.6 Å². The van der Waals surface area contributed by atoms with Gasteiger partial charge in [-0.2, -0.15) is 0 Å². The van der Waals surface area contributed by atoms with Gasteiger partial charge in [-0.05, 0) is 24.5 Å². The van der Waals surface area contributed by atoms with E-state index in [0.717, 1.165) is 36.8 Å². The highest BCUT2D eigenvalue weighted by molar-refractivity contribution is 7.49. The molecule has 1 heterocycles. The monoisotopic (exact) mass is 374 g/mol. The molecule has 1 saturated heterocycles. The molecule has 140 valence electrons. The second-order valence-electron chi connectivity index (χ2n) is 6.90. The topological polar surface area (TPSA) is 44.8 Å². The zero-order valence-electron chi connectivity index (χ0n) is 15.5. The third-order valence-electron chi connectivity index (χ3n) is 5.05. The first-order valence-electron chi connectivity index (χ1n) is 9.33. The molecule has 0 aliphatic carbocycles. The fourth-order valence-electron chi connectivity index (χ4n) is 3.16. The van der Waals surface area contributed by atoms with E-state index in [1.807, 2.05) is 48.5 Å². The zero-order chi connectivity index (χ0) is 18.5. The first-order chi connectivity index (χ1) is 12.6. The number of phosphoric ester groups is 1. The summed E-state index contributed by atoms with van der Waals surface area (Å²) in [5.74, 6) is 0.514. The number of para-hydroxylation sites is 1. The summed E-state index contributed by atoms with van der Waals surface area (Å²) < 4.78 is 30.1. The molecule has 0 bridgehead atoms. The van der Waals surface area contributed by atoms with E-state index in [2.05, 4.69) is 13.8 Å². The van der Waals surface area contributed by atoms with Crippen LogP contribution in [-0.2, 0) is 13.6 Å². The van der Waals surface area contributed by atoms with Gasteiger partial charge < -0.3 is 4.52 Å². The lowest BCUT2D eigenvalue weighted by atomic mass is 9.82. The van der Waals surface area contributed by atoms with Gasteiger partial charge in [0.05, 0.1) is 13.2 Å². The first kappa shape index (κ1) is 19.2. The van der Waals surface area contributed by atoms with Gasteiger partial charge in [0, 0.05) is 11.0 Å². The molecule has 0 amide bonds. The smallest absolute Gasteiger partial charge is 0.403 e. The predicted octanol–water partition coefficient (Wildman–Crippen LogP) is 6.47. The van der Waals surface area contributed by atoms with Crippen molar-refractivity contribution in [2.75, 3.05) is 13.2 Å². The summed E-state index contributed by atoms with van der Waals surface area (Å²) in [6, 6.07) is 17.4. The van der Waals surface area contributed by atoms with E-state index in [0.29, 0.717) is 19.0 Å². The Bertz CT molecular complexity index is 748. The number of hydrogen-bond acceptors (Lipinski definition) is 4. The summed E-state index contributed by atoms with van der Waals surface area (Å²) in [7, 11) is -3.61. The van der Waals surface area contributed by atoms with Crippen LogP contribution in [0.15, 0.2) is 54.6 Å². The molecule has 3 rings (SSSR count). The standard InChI is InChI=1S/C21H27O4P/c1-3-5-15-21(4-2)16-23-26(22,24-17-21)25-20-14-10-9-13-19(20)18-11-7-6-8-12-18/h6-14H,3-5,15-17H2,1-2H3. The molecule has 1 aliphatic rings. The van der Waals surface area contributed by atoms with E-state index in [4.69, 9.17) is 13.6 Å². The average Bonchev–Trinajstić information content (AvgIpc) is 2.69. The fourth-order valence-corrected chi connectivity index (χ4v) is 4.61. The maximum Gasteiger partial charge on any atom is 0.530 e. The van der Waals surface area contributed by atoms with Gasteiger partial charge in [-0.15, -0.1) is 0 Å². The van der Waals surface area contributed by atoms with Crippen molar-refractivity contribution in [2.24, 2.45) is 5.41 Å². The lowest BCUT2D eigenvalue weighted by Gasteiger charge is -2.38. The molecule has 2 aromatic carbocycles. The molecular weight excluding hydrogens is 347 g/mol. The van der Waals surface area contributed by atoms with Gasteiger partial charge in [-0.3, -0.25) is 9.05 Å². The molecular formula is C21H27O4P. The van der Waals surface area contributed by atoms with Crippen molar-refractivity contribution in [2.45, 2.75) is 39.5 Å². The van der Waals surface area contributed by atoms with Crippen molar-refractivity contribution in [3.63, 3.8) is 0 Å². The van der Waals surface area contributed by atoms with Gasteiger partial charge in [0.2, 0.25) is 0 Å². The van der Waals surface area contributed by atoms with E-state index in [-0.39, 0.29) is 5.41 Å². The van der Waals surface area contributed by atoms with Crippen LogP contribution >= 0.6 is 7.82 Å².